The van der Waals surface area contributed by atoms with Crippen molar-refractivity contribution in [3.63, 3.8) is 0 Å². The number of rotatable bonds is 2. The maximum atomic E-state index is 13.6. The summed E-state index contributed by atoms with van der Waals surface area (Å²) in [7, 11) is 0. The molecule has 1 heterocycles. The molecule has 88 valence electrons. The van der Waals surface area contributed by atoms with Crippen LogP contribution >= 0.6 is 0 Å². The number of hydrogen-bond acceptors (Lipinski definition) is 3. The molecule has 1 aromatic carbocycles. The van der Waals surface area contributed by atoms with Crippen LogP contribution in [0, 0.1) is 12.7 Å². The van der Waals surface area contributed by atoms with Crippen molar-refractivity contribution in [2.24, 2.45) is 0 Å². The van der Waals surface area contributed by atoms with Crippen LogP contribution in [0.5, 0.6) is 5.75 Å². The summed E-state index contributed by atoms with van der Waals surface area (Å²) in [6.07, 6.45) is 0. The Morgan fingerprint density at radius 3 is 2.71 bits per heavy atom. The van der Waals surface area contributed by atoms with Crippen molar-refractivity contribution in [3.05, 3.63) is 35.3 Å². The van der Waals surface area contributed by atoms with E-state index < -0.39 is 11.8 Å². The Morgan fingerprint density at radius 2 is 2.12 bits per heavy atom. The second kappa shape index (κ2) is 3.89. The van der Waals surface area contributed by atoms with Gasteiger partial charge in [-0.3, -0.25) is 5.10 Å². The molecule has 0 amide bonds. The van der Waals surface area contributed by atoms with Crippen molar-refractivity contribution in [2.75, 3.05) is 0 Å². The van der Waals surface area contributed by atoms with Crippen LogP contribution in [-0.4, -0.2) is 26.4 Å². The Bertz CT molecular complexity index is 592. The number of aromatic nitrogens is 2. The highest BCUT2D eigenvalue weighted by atomic mass is 19.1. The fraction of sp³-hybridized carbons (Fsp3) is 0.0909. The molecular formula is C11H9FN2O3. The summed E-state index contributed by atoms with van der Waals surface area (Å²) < 4.78 is 13.6. The number of aromatic hydroxyl groups is 1. The van der Waals surface area contributed by atoms with E-state index >= 15 is 0 Å². The third kappa shape index (κ3) is 1.96. The maximum absolute atomic E-state index is 13.6. The molecule has 0 bridgehead atoms. The number of carbonyl (C=O) groups is 1. The van der Waals surface area contributed by atoms with Gasteiger partial charge in [-0.1, -0.05) is 0 Å². The fourth-order valence-electron chi connectivity index (χ4n) is 1.43. The summed E-state index contributed by atoms with van der Waals surface area (Å²) in [5, 5.41) is 24.1. The fourth-order valence-corrected chi connectivity index (χ4v) is 1.43. The lowest BCUT2D eigenvalue weighted by molar-refractivity contribution is 0.0690. The molecule has 0 atom stereocenters. The zero-order valence-corrected chi connectivity index (χ0v) is 8.86. The molecule has 6 heteroatoms. The number of halogens is 1. The van der Waals surface area contributed by atoms with E-state index in [-0.39, 0.29) is 22.7 Å². The number of aromatic amines is 1. The number of aryl methyl sites for hydroxylation is 1. The van der Waals surface area contributed by atoms with Crippen molar-refractivity contribution in [3.8, 4) is 17.0 Å². The van der Waals surface area contributed by atoms with Gasteiger partial charge >= 0.3 is 5.97 Å². The van der Waals surface area contributed by atoms with Gasteiger partial charge < -0.3 is 10.2 Å². The smallest absolute Gasteiger partial charge is 0.353 e. The second-order valence-corrected chi connectivity index (χ2v) is 3.59. The molecule has 0 fully saturated rings. The Balaban J connectivity index is 2.52. The SMILES string of the molecule is Cc1cc(F)c(-c2cc(C(=O)O)[nH]n2)cc1O. The van der Waals surface area contributed by atoms with Crippen molar-refractivity contribution in [1.82, 2.24) is 10.2 Å². The lowest BCUT2D eigenvalue weighted by Gasteiger charge is -2.03. The van der Waals surface area contributed by atoms with Crippen LogP contribution in [0.25, 0.3) is 11.3 Å². The van der Waals surface area contributed by atoms with Crippen molar-refractivity contribution in [1.29, 1.82) is 0 Å². The topological polar surface area (TPSA) is 86.2 Å². The van der Waals surface area contributed by atoms with E-state index in [1.54, 1.807) is 6.92 Å². The largest absolute Gasteiger partial charge is 0.508 e. The normalized spacial score (nSPS) is 10.5. The van der Waals surface area contributed by atoms with Crippen LogP contribution in [0.2, 0.25) is 0 Å². The minimum Gasteiger partial charge on any atom is -0.508 e. The first-order chi connectivity index (χ1) is 7.99. The number of carboxylic acids is 1. The highest BCUT2D eigenvalue weighted by Crippen LogP contribution is 2.28. The first-order valence-electron chi connectivity index (χ1n) is 4.77. The third-order valence-corrected chi connectivity index (χ3v) is 2.37. The molecular weight excluding hydrogens is 227 g/mol. The van der Waals surface area contributed by atoms with E-state index in [0.717, 1.165) is 0 Å². The van der Waals surface area contributed by atoms with Gasteiger partial charge in [-0.25, -0.2) is 9.18 Å². The Hall–Kier alpha value is -2.37. The summed E-state index contributed by atoms with van der Waals surface area (Å²) in [5.41, 5.74) is 0.451. The van der Waals surface area contributed by atoms with Gasteiger partial charge in [0.05, 0.1) is 5.69 Å². The first kappa shape index (κ1) is 11.1. The predicted molar refractivity (Wildman–Crippen MR) is 57.3 cm³/mol. The summed E-state index contributed by atoms with van der Waals surface area (Å²) in [5.74, 6) is -1.81. The summed E-state index contributed by atoms with van der Waals surface area (Å²) in [6.45, 7) is 1.56. The van der Waals surface area contributed by atoms with Crippen LogP contribution in [-0.2, 0) is 0 Å². The van der Waals surface area contributed by atoms with Gasteiger partial charge in [0.15, 0.2) is 0 Å². The van der Waals surface area contributed by atoms with Gasteiger partial charge in [-0.15, -0.1) is 0 Å². The zero-order valence-electron chi connectivity index (χ0n) is 8.86. The Morgan fingerprint density at radius 1 is 1.41 bits per heavy atom. The molecule has 17 heavy (non-hydrogen) atoms. The molecule has 2 rings (SSSR count). The van der Waals surface area contributed by atoms with E-state index in [1.807, 2.05) is 0 Å². The molecule has 3 N–H and O–H groups in total. The van der Waals surface area contributed by atoms with Crippen molar-refractivity contribution in [2.45, 2.75) is 6.92 Å². The molecule has 1 aromatic heterocycles. The lowest BCUT2D eigenvalue weighted by atomic mass is 10.1. The van der Waals surface area contributed by atoms with E-state index in [4.69, 9.17) is 5.11 Å². The minimum atomic E-state index is -1.18. The second-order valence-electron chi connectivity index (χ2n) is 3.59. The molecule has 0 aliphatic carbocycles. The number of nitrogens with zero attached hydrogens (tertiary/aromatic N) is 1. The first-order valence-corrected chi connectivity index (χ1v) is 4.77. The number of hydrogen-bond donors (Lipinski definition) is 3. The van der Waals surface area contributed by atoms with Crippen LogP contribution in [0.1, 0.15) is 16.1 Å². The average Bonchev–Trinajstić information content (AvgIpc) is 2.72. The van der Waals surface area contributed by atoms with Gasteiger partial charge in [-0.05, 0) is 30.7 Å². The van der Waals surface area contributed by atoms with Gasteiger partial charge in [0.2, 0.25) is 0 Å². The average molecular weight is 236 g/mol. The number of phenolic OH excluding ortho intramolecular Hbond substituents is 1. The number of benzene rings is 1. The van der Waals surface area contributed by atoms with E-state index in [9.17, 15) is 14.3 Å². The lowest BCUT2D eigenvalue weighted by Crippen LogP contribution is -1.95. The number of nitrogens with one attached hydrogen (secondary N) is 1. The van der Waals surface area contributed by atoms with E-state index in [2.05, 4.69) is 10.2 Å². The molecule has 5 nitrogen and oxygen atoms in total. The van der Waals surface area contributed by atoms with E-state index in [1.165, 1.54) is 18.2 Å². The Labute approximate surface area is 95.5 Å². The van der Waals surface area contributed by atoms with Crippen LogP contribution in [0.15, 0.2) is 18.2 Å². The summed E-state index contributed by atoms with van der Waals surface area (Å²) in [4.78, 5) is 10.6. The summed E-state index contributed by atoms with van der Waals surface area (Å²) >= 11 is 0. The molecule has 0 aliphatic rings. The van der Waals surface area contributed by atoms with Gasteiger partial charge in [-0.2, -0.15) is 5.10 Å². The highest BCUT2D eigenvalue weighted by molar-refractivity contribution is 5.86. The maximum Gasteiger partial charge on any atom is 0.353 e. The highest BCUT2D eigenvalue weighted by Gasteiger charge is 2.14. The van der Waals surface area contributed by atoms with Crippen LogP contribution < -0.4 is 0 Å². The molecule has 0 spiro atoms. The Kier molecular flexibility index (Phi) is 2.55. The molecule has 0 aliphatic heterocycles. The number of H-pyrrole nitrogens is 1. The van der Waals surface area contributed by atoms with Crippen molar-refractivity contribution < 1.29 is 19.4 Å². The number of aromatic carboxylic acids is 1. The number of phenols is 1. The molecule has 0 radical (unpaired) electrons. The molecule has 2 aromatic rings. The molecule has 0 saturated carbocycles. The predicted octanol–water partition coefficient (Wildman–Crippen LogP) is 1.93. The van der Waals surface area contributed by atoms with Gasteiger partial charge in [0.1, 0.15) is 17.3 Å². The number of carboxylic acid groups (broad SMARTS) is 1. The minimum absolute atomic E-state index is 0.0526. The quantitative estimate of drug-likeness (QED) is 0.743. The monoisotopic (exact) mass is 236 g/mol. The standard InChI is InChI=1S/C11H9FN2O3/c1-5-2-7(12)6(3-10(5)15)8-4-9(11(16)17)14-13-8/h2-4,15H,1H3,(H,13,14)(H,16,17). The van der Waals surface area contributed by atoms with Crippen LogP contribution in [0.3, 0.4) is 0 Å². The van der Waals surface area contributed by atoms with E-state index in [0.29, 0.717) is 5.56 Å². The van der Waals surface area contributed by atoms with Gasteiger partial charge in [0, 0.05) is 5.56 Å². The molecule has 0 unspecified atom stereocenters. The van der Waals surface area contributed by atoms with Gasteiger partial charge in [0.25, 0.3) is 0 Å². The van der Waals surface area contributed by atoms with Crippen molar-refractivity contribution >= 4 is 5.97 Å². The third-order valence-electron chi connectivity index (χ3n) is 2.37. The van der Waals surface area contributed by atoms with Crippen LogP contribution in [0.4, 0.5) is 4.39 Å². The molecule has 0 saturated heterocycles. The summed E-state index contributed by atoms with van der Waals surface area (Å²) in [6, 6.07) is 3.59. The zero-order chi connectivity index (χ0) is 12.6.